The lowest BCUT2D eigenvalue weighted by Crippen LogP contribution is -2.50. The van der Waals surface area contributed by atoms with Crippen LogP contribution in [0.4, 0.5) is 5.82 Å². The SMILES string of the molecule is COc1cccc([C@@H](C(=O)NC(C)(C)C)N(CC(C)C)C(=O)CCC(=O)Nc2cc(C)on2)c1OC. The zero-order chi connectivity index (χ0) is 27.0. The number of hydrogen-bond acceptors (Lipinski definition) is 7. The number of carbonyl (C=O) groups is 3. The molecule has 0 saturated heterocycles. The Balaban J connectivity index is 2.40. The molecule has 0 radical (unpaired) electrons. The first-order valence-electron chi connectivity index (χ1n) is 11.9. The smallest absolute Gasteiger partial charge is 0.247 e. The fourth-order valence-electron chi connectivity index (χ4n) is 3.76. The van der Waals surface area contributed by atoms with Crippen LogP contribution in [-0.4, -0.2) is 54.1 Å². The van der Waals surface area contributed by atoms with Gasteiger partial charge in [-0.05, 0) is 39.7 Å². The fraction of sp³-hybridized carbons (Fsp3) is 0.538. The number of para-hydroxylation sites is 1. The topological polar surface area (TPSA) is 123 Å². The number of nitrogens with zero attached hydrogens (tertiary/aromatic N) is 2. The van der Waals surface area contributed by atoms with Gasteiger partial charge in [-0.2, -0.15) is 0 Å². The third-order valence-electron chi connectivity index (χ3n) is 5.13. The molecule has 0 aliphatic rings. The molecule has 0 aliphatic carbocycles. The maximum atomic E-state index is 13.6. The van der Waals surface area contributed by atoms with Crippen molar-refractivity contribution < 1.29 is 28.4 Å². The molecule has 0 saturated carbocycles. The second kappa shape index (κ2) is 12.4. The van der Waals surface area contributed by atoms with Gasteiger partial charge in [0.05, 0.1) is 14.2 Å². The molecule has 36 heavy (non-hydrogen) atoms. The number of rotatable bonds is 11. The highest BCUT2D eigenvalue weighted by molar-refractivity contribution is 5.94. The van der Waals surface area contributed by atoms with E-state index in [1.165, 1.54) is 19.1 Å². The minimum absolute atomic E-state index is 0.0578. The minimum Gasteiger partial charge on any atom is -0.493 e. The molecule has 2 N–H and O–H groups in total. The summed E-state index contributed by atoms with van der Waals surface area (Å²) < 4.78 is 16.0. The number of aryl methyl sites for hydroxylation is 1. The van der Waals surface area contributed by atoms with Crippen molar-refractivity contribution in [2.24, 2.45) is 5.92 Å². The van der Waals surface area contributed by atoms with Gasteiger partial charge < -0.3 is 29.5 Å². The van der Waals surface area contributed by atoms with E-state index >= 15 is 0 Å². The standard InChI is InChI=1S/C26H38N4O6/c1-16(2)15-30(22(32)13-12-21(31)27-20-14-17(3)36-29-20)23(25(33)28-26(4,5)6)18-10-9-11-19(34-7)24(18)35-8/h9-11,14,16,23H,12-13,15H2,1-8H3,(H,28,33)(H,27,29,31)/t23-/m0/s1. The van der Waals surface area contributed by atoms with E-state index in [9.17, 15) is 14.4 Å². The van der Waals surface area contributed by atoms with Crippen LogP contribution in [0.25, 0.3) is 0 Å². The van der Waals surface area contributed by atoms with Crippen LogP contribution in [-0.2, 0) is 14.4 Å². The van der Waals surface area contributed by atoms with Gasteiger partial charge >= 0.3 is 0 Å². The summed E-state index contributed by atoms with van der Waals surface area (Å²) >= 11 is 0. The van der Waals surface area contributed by atoms with Crippen molar-refractivity contribution in [3.63, 3.8) is 0 Å². The molecule has 0 unspecified atom stereocenters. The van der Waals surface area contributed by atoms with Crippen molar-refractivity contribution in [3.05, 3.63) is 35.6 Å². The Bertz CT molecular complexity index is 1060. The number of ether oxygens (including phenoxy) is 2. The summed E-state index contributed by atoms with van der Waals surface area (Å²) in [7, 11) is 3.00. The third kappa shape index (κ3) is 8.00. The van der Waals surface area contributed by atoms with Crippen LogP contribution in [0.2, 0.25) is 0 Å². The largest absolute Gasteiger partial charge is 0.493 e. The van der Waals surface area contributed by atoms with E-state index in [0.29, 0.717) is 29.4 Å². The highest BCUT2D eigenvalue weighted by atomic mass is 16.5. The van der Waals surface area contributed by atoms with Crippen molar-refractivity contribution in [2.45, 2.75) is 66.0 Å². The van der Waals surface area contributed by atoms with Gasteiger partial charge in [-0.1, -0.05) is 31.1 Å². The van der Waals surface area contributed by atoms with Crippen LogP contribution >= 0.6 is 0 Å². The van der Waals surface area contributed by atoms with E-state index in [1.807, 2.05) is 34.6 Å². The van der Waals surface area contributed by atoms with Crippen molar-refractivity contribution in [3.8, 4) is 11.5 Å². The Kier molecular flexibility index (Phi) is 9.89. The second-order valence-corrected chi connectivity index (χ2v) is 10.0. The normalized spacial score (nSPS) is 12.1. The number of amides is 3. The summed E-state index contributed by atoms with van der Waals surface area (Å²) in [5, 5.41) is 9.34. The van der Waals surface area contributed by atoms with E-state index in [0.717, 1.165) is 0 Å². The summed E-state index contributed by atoms with van der Waals surface area (Å²) in [5.41, 5.74) is -0.0426. The van der Waals surface area contributed by atoms with Crippen LogP contribution in [0.1, 0.15) is 64.8 Å². The number of aromatic nitrogens is 1. The van der Waals surface area contributed by atoms with Gasteiger partial charge in [-0.15, -0.1) is 0 Å². The summed E-state index contributed by atoms with van der Waals surface area (Å²) in [6.45, 7) is 11.5. The zero-order valence-electron chi connectivity index (χ0n) is 22.4. The first-order chi connectivity index (χ1) is 16.9. The van der Waals surface area contributed by atoms with Crippen LogP contribution in [0.5, 0.6) is 11.5 Å². The maximum Gasteiger partial charge on any atom is 0.247 e. The fourth-order valence-corrected chi connectivity index (χ4v) is 3.76. The van der Waals surface area contributed by atoms with Gasteiger partial charge in [0.2, 0.25) is 17.7 Å². The number of methoxy groups -OCH3 is 2. The average molecular weight is 503 g/mol. The molecular formula is C26H38N4O6. The Labute approximate surface area is 212 Å². The molecule has 0 aliphatic heterocycles. The van der Waals surface area contributed by atoms with Crippen molar-refractivity contribution in [1.29, 1.82) is 0 Å². The average Bonchev–Trinajstić information content (AvgIpc) is 3.19. The van der Waals surface area contributed by atoms with Crippen LogP contribution in [0, 0.1) is 12.8 Å². The van der Waals surface area contributed by atoms with Crippen molar-refractivity contribution in [2.75, 3.05) is 26.1 Å². The van der Waals surface area contributed by atoms with Gasteiger partial charge in [-0.3, -0.25) is 14.4 Å². The molecule has 1 heterocycles. The number of benzene rings is 1. The first-order valence-corrected chi connectivity index (χ1v) is 11.9. The van der Waals surface area contributed by atoms with E-state index in [2.05, 4.69) is 15.8 Å². The second-order valence-electron chi connectivity index (χ2n) is 10.0. The van der Waals surface area contributed by atoms with Crippen molar-refractivity contribution in [1.82, 2.24) is 15.4 Å². The predicted octanol–water partition coefficient (Wildman–Crippen LogP) is 3.86. The summed E-state index contributed by atoms with van der Waals surface area (Å²) in [4.78, 5) is 41.1. The highest BCUT2D eigenvalue weighted by Crippen LogP contribution is 2.38. The van der Waals surface area contributed by atoms with Crippen LogP contribution in [0.15, 0.2) is 28.8 Å². The third-order valence-corrected chi connectivity index (χ3v) is 5.13. The molecule has 0 spiro atoms. The van der Waals surface area contributed by atoms with E-state index in [-0.39, 0.29) is 42.3 Å². The quantitative estimate of drug-likeness (QED) is 0.478. The van der Waals surface area contributed by atoms with E-state index in [1.54, 1.807) is 31.2 Å². The molecule has 2 rings (SSSR count). The summed E-state index contributed by atoms with van der Waals surface area (Å²) in [6.07, 6.45) is -0.177. The Morgan fingerprint density at radius 1 is 1.11 bits per heavy atom. The lowest BCUT2D eigenvalue weighted by molar-refractivity contribution is -0.142. The maximum absolute atomic E-state index is 13.6. The summed E-state index contributed by atoms with van der Waals surface area (Å²) in [6, 6.07) is 5.82. The molecule has 0 fully saturated rings. The number of nitrogens with one attached hydrogen (secondary N) is 2. The number of carbonyl (C=O) groups excluding carboxylic acids is 3. The van der Waals surface area contributed by atoms with Crippen LogP contribution in [0.3, 0.4) is 0 Å². The van der Waals surface area contributed by atoms with Gasteiger partial charge in [0, 0.05) is 36.6 Å². The molecule has 2 aromatic rings. The van der Waals surface area contributed by atoms with E-state index < -0.39 is 11.6 Å². The Morgan fingerprint density at radius 2 is 1.81 bits per heavy atom. The van der Waals surface area contributed by atoms with Crippen molar-refractivity contribution >= 4 is 23.5 Å². The lowest BCUT2D eigenvalue weighted by atomic mass is 9.98. The minimum atomic E-state index is -0.995. The highest BCUT2D eigenvalue weighted by Gasteiger charge is 2.36. The van der Waals surface area contributed by atoms with Crippen LogP contribution < -0.4 is 20.1 Å². The van der Waals surface area contributed by atoms with Gasteiger partial charge in [-0.25, -0.2) is 0 Å². The van der Waals surface area contributed by atoms with Gasteiger partial charge in [0.1, 0.15) is 11.8 Å². The predicted molar refractivity (Wildman–Crippen MR) is 136 cm³/mol. The van der Waals surface area contributed by atoms with E-state index in [4.69, 9.17) is 14.0 Å². The first kappa shape index (κ1) is 28.7. The van der Waals surface area contributed by atoms with Gasteiger partial charge in [0.15, 0.2) is 17.3 Å². The summed E-state index contributed by atoms with van der Waals surface area (Å²) in [5.74, 6) is 0.646. The monoisotopic (exact) mass is 502 g/mol. The molecule has 3 amide bonds. The van der Waals surface area contributed by atoms with Gasteiger partial charge in [0.25, 0.3) is 0 Å². The Morgan fingerprint density at radius 3 is 2.33 bits per heavy atom. The molecule has 1 aromatic carbocycles. The number of hydrogen-bond donors (Lipinski definition) is 2. The molecule has 198 valence electrons. The Hall–Kier alpha value is -3.56. The molecule has 10 heteroatoms. The molecule has 1 atom stereocenters. The lowest BCUT2D eigenvalue weighted by Gasteiger charge is -2.35. The molecule has 0 bridgehead atoms. The zero-order valence-corrected chi connectivity index (χ0v) is 22.4. The molecular weight excluding hydrogens is 464 g/mol. The number of anilines is 1. The molecule has 1 aromatic heterocycles. The molecule has 10 nitrogen and oxygen atoms in total.